The number of rotatable bonds is 4. The van der Waals surface area contributed by atoms with Gasteiger partial charge in [-0.05, 0) is 31.8 Å². The van der Waals surface area contributed by atoms with E-state index in [9.17, 15) is 9.59 Å². The zero-order valence-electron chi connectivity index (χ0n) is 10.6. The maximum Gasteiger partial charge on any atom is 0.242 e. The van der Waals surface area contributed by atoms with Crippen molar-refractivity contribution >= 4 is 11.8 Å². The first-order valence-corrected chi connectivity index (χ1v) is 6.55. The molecule has 0 aromatic heterocycles. The average molecular weight is 255 g/mol. The van der Waals surface area contributed by atoms with Gasteiger partial charge in [0.1, 0.15) is 6.04 Å². The van der Waals surface area contributed by atoms with Crippen molar-refractivity contribution in [1.29, 1.82) is 0 Å². The Balaban J connectivity index is 1.83. The number of amides is 2. The van der Waals surface area contributed by atoms with E-state index in [1.54, 1.807) is 4.90 Å². The van der Waals surface area contributed by atoms with Gasteiger partial charge in [0.05, 0.1) is 13.2 Å². The first-order valence-electron chi connectivity index (χ1n) is 6.55. The predicted molar refractivity (Wildman–Crippen MR) is 65.7 cm³/mol. The number of carbonyl (C=O) groups is 2. The highest BCUT2D eigenvalue weighted by molar-refractivity contribution is 5.86. The third-order valence-corrected chi connectivity index (χ3v) is 3.71. The van der Waals surface area contributed by atoms with Crippen molar-refractivity contribution in [3.05, 3.63) is 0 Å². The Morgan fingerprint density at radius 1 is 1.44 bits per heavy atom. The molecule has 0 bridgehead atoms. The quantitative estimate of drug-likeness (QED) is 0.681. The number of ether oxygens (including phenoxy) is 1. The second-order valence-electron chi connectivity index (χ2n) is 4.98. The van der Waals surface area contributed by atoms with Crippen LogP contribution in [-0.4, -0.2) is 55.6 Å². The van der Waals surface area contributed by atoms with Gasteiger partial charge in [0.2, 0.25) is 11.8 Å². The number of hydrogen-bond acceptors (Lipinski definition) is 4. The van der Waals surface area contributed by atoms with Crippen LogP contribution in [0.4, 0.5) is 0 Å². The van der Waals surface area contributed by atoms with Crippen LogP contribution in [0.15, 0.2) is 0 Å². The molecule has 0 saturated carbocycles. The van der Waals surface area contributed by atoms with E-state index >= 15 is 0 Å². The summed E-state index contributed by atoms with van der Waals surface area (Å²) in [6.45, 7) is 3.22. The van der Waals surface area contributed by atoms with Crippen LogP contribution in [0, 0.1) is 5.92 Å². The molecule has 6 heteroatoms. The molecule has 102 valence electrons. The molecule has 2 heterocycles. The van der Waals surface area contributed by atoms with Crippen LogP contribution in [0.2, 0.25) is 0 Å². The Hall–Kier alpha value is -1.14. The lowest BCUT2D eigenvalue weighted by Gasteiger charge is -2.33. The van der Waals surface area contributed by atoms with Crippen molar-refractivity contribution in [2.75, 3.05) is 32.8 Å². The molecule has 2 aliphatic heterocycles. The molecule has 0 radical (unpaired) electrons. The van der Waals surface area contributed by atoms with Gasteiger partial charge in [-0.1, -0.05) is 0 Å². The summed E-state index contributed by atoms with van der Waals surface area (Å²) in [7, 11) is 0. The third-order valence-electron chi connectivity index (χ3n) is 3.71. The number of nitrogens with zero attached hydrogens (tertiary/aromatic N) is 1. The maximum atomic E-state index is 12.1. The highest BCUT2D eigenvalue weighted by atomic mass is 16.5. The molecule has 3 N–H and O–H groups in total. The van der Waals surface area contributed by atoms with Gasteiger partial charge in [-0.3, -0.25) is 9.59 Å². The molecule has 18 heavy (non-hydrogen) atoms. The summed E-state index contributed by atoms with van der Waals surface area (Å²) in [6.07, 6.45) is 2.51. The molecule has 0 aromatic carbocycles. The van der Waals surface area contributed by atoms with Gasteiger partial charge in [-0.15, -0.1) is 0 Å². The molecular formula is C12H21N3O3. The molecule has 6 nitrogen and oxygen atoms in total. The summed E-state index contributed by atoms with van der Waals surface area (Å²) in [5.41, 5.74) is 5.29. The number of nitrogens with two attached hydrogens (primary N) is 1. The van der Waals surface area contributed by atoms with Crippen molar-refractivity contribution in [1.82, 2.24) is 10.2 Å². The molecule has 2 saturated heterocycles. The lowest BCUT2D eigenvalue weighted by atomic mass is 10.0. The molecule has 2 fully saturated rings. The lowest BCUT2D eigenvalue weighted by Crippen LogP contribution is -2.54. The van der Waals surface area contributed by atoms with E-state index in [0.29, 0.717) is 25.5 Å². The summed E-state index contributed by atoms with van der Waals surface area (Å²) in [5.74, 6) is 0.126. The smallest absolute Gasteiger partial charge is 0.242 e. The van der Waals surface area contributed by atoms with Gasteiger partial charge in [0.15, 0.2) is 0 Å². The fourth-order valence-electron chi connectivity index (χ4n) is 2.57. The van der Waals surface area contributed by atoms with Crippen molar-refractivity contribution < 1.29 is 14.3 Å². The highest BCUT2D eigenvalue weighted by Crippen LogP contribution is 2.17. The van der Waals surface area contributed by atoms with Crippen LogP contribution in [0.1, 0.15) is 19.3 Å². The molecule has 0 aromatic rings. The van der Waals surface area contributed by atoms with Crippen LogP contribution in [0.3, 0.4) is 0 Å². The summed E-state index contributed by atoms with van der Waals surface area (Å²) in [6, 6.07) is -0.590. The number of primary amides is 1. The minimum absolute atomic E-state index is 0.0222. The number of hydrogen-bond donors (Lipinski definition) is 2. The van der Waals surface area contributed by atoms with E-state index in [1.165, 1.54) is 0 Å². The van der Waals surface area contributed by atoms with Gasteiger partial charge < -0.3 is 20.7 Å². The maximum absolute atomic E-state index is 12.1. The van der Waals surface area contributed by atoms with E-state index < -0.39 is 11.9 Å². The topological polar surface area (TPSA) is 84.7 Å². The van der Waals surface area contributed by atoms with E-state index in [2.05, 4.69) is 5.32 Å². The Morgan fingerprint density at radius 2 is 2.28 bits per heavy atom. The summed E-state index contributed by atoms with van der Waals surface area (Å²) < 4.78 is 5.20. The monoisotopic (exact) mass is 255 g/mol. The van der Waals surface area contributed by atoms with E-state index in [1.807, 2.05) is 0 Å². The number of morpholine rings is 1. The minimum Gasteiger partial charge on any atom is -0.377 e. The molecule has 0 spiro atoms. The first kappa shape index (κ1) is 13.3. The van der Waals surface area contributed by atoms with Crippen molar-refractivity contribution in [3.8, 4) is 0 Å². The SMILES string of the molecule is NC(=O)C1COCCN1C(=O)CCC1CCNC1. The van der Waals surface area contributed by atoms with E-state index in [0.717, 1.165) is 25.9 Å². The Labute approximate surface area is 107 Å². The van der Waals surface area contributed by atoms with E-state index in [4.69, 9.17) is 10.5 Å². The third kappa shape index (κ3) is 3.20. The zero-order chi connectivity index (χ0) is 13.0. The van der Waals surface area contributed by atoms with Gasteiger partial charge in [0, 0.05) is 13.0 Å². The van der Waals surface area contributed by atoms with Gasteiger partial charge in [-0.2, -0.15) is 0 Å². The Kier molecular flexibility index (Phi) is 4.54. The Morgan fingerprint density at radius 3 is 2.94 bits per heavy atom. The summed E-state index contributed by atoms with van der Waals surface area (Å²) in [5, 5.41) is 3.28. The average Bonchev–Trinajstić information content (AvgIpc) is 2.89. The van der Waals surface area contributed by atoms with Crippen LogP contribution >= 0.6 is 0 Å². The summed E-state index contributed by atoms with van der Waals surface area (Å²) in [4.78, 5) is 25.0. The summed E-state index contributed by atoms with van der Waals surface area (Å²) >= 11 is 0. The molecule has 2 amide bonds. The largest absolute Gasteiger partial charge is 0.377 e. The van der Waals surface area contributed by atoms with Crippen LogP contribution in [0.5, 0.6) is 0 Å². The fourth-order valence-corrected chi connectivity index (χ4v) is 2.57. The second kappa shape index (κ2) is 6.15. The highest BCUT2D eigenvalue weighted by Gasteiger charge is 2.31. The van der Waals surface area contributed by atoms with Crippen molar-refractivity contribution in [2.45, 2.75) is 25.3 Å². The molecule has 2 unspecified atom stereocenters. The second-order valence-corrected chi connectivity index (χ2v) is 4.98. The predicted octanol–water partition coefficient (Wildman–Crippen LogP) is -0.911. The molecular weight excluding hydrogens is 234 g/mol. The molecule has 0 aliphatic carbocycles. The lowest BCUT2D eigenvalue weighted by molar-refractivity contribution is -0.147. The first-order chi connectivity index (χ1) is 8.68. The standard InChI is InChI=1S/C12H21N3O3/c13-12(17)10-8-18-6-5-15(10)11(16)2-1-9-3-4-14-7-9/h9-10,14H,1-8H2,(H2,13,17). The van der Waals surface area contributed by atoms with Crippen molar-refractivity contribution in [2.24, 2.45) is 11.7 Å². The van der Waals surface area contributed by atoms with Gasteiger partial charge in [-0.25, -0.2) is 0 Å². The molecule has 2 atom stereocenters. The fraction of sp³-hybridized carbons (Fsp3) is 0.833. The minimum atomic E-state index is -0.590. The van der Waals surface area contributed by atoms with E-state index in [-0.39, 0.29) is 12.5 Å². The van der Waals surface area contributed by atoms with Crippen LogP contribution < -0.4 is 11.1 Å². The van der Waals surface area contributed by atoms with Crippen molar-refractivity contribution in [3.63, 3.8) is 0 Å². The molecule has 2 aliphatic rings. The Bertz CT molecular complexity index is 316. The normalized spacial score (nSPS) is 28.3. The number of carbonyl (C=O) groups excluding carboxylic acids is 2. The number of nitrogens with one attached hydrogen (secondary N) is 1. The molecule has 2 rings (SSSR count). The zero-order valence-corrected chi connectivity index (χ0v) is 10.6. The van der Waals surface area contributed by atoms with Crippen LogP contribution in [-0.2, 0) is 14.3 Å². The van der Waals surface area contributed by atoms with Crippen LogP contribution in [0.25, 0.3) is 0 Å². The van der Waals surface area contributed by atoms with Gasteiger partial charge in [0.25, 0.3) is 0 Å². The van der Waals surface area contributed by atoms with Gasteiger partial charge >= 0.3 is 0 Å².